The molecule has 1 aliphatic heterocycles. The Kier molecular flexibility index (Phi) is 7.35. The Hall–Kier alpha value is -2.96. The van der Waals surface area contributed by atoms with Crippen molar-refractivity contribution in [2.75, 3.05) is 30.3 Å². The molecule has 0 bridgehead atoms. The van der Waals surface area contributed by atoms with Gasteiger partial charge >= 0.3 is 0 Å². The van der Waals surface area contributed by atoms with Crippen LogP contribution >= 0.6 is 23.4 Å². The highest BCUT2D eigenvalue weighted by molar-refractivity contribution is 8.00. The summed E-state index contributed by atoms with van der Waals surface area (Å²) in [5.41, 5.74) is 2.75. The van der Waals surface area contributed by atoms with Crippen LogP contribution in [0.5, 0.6) is 5.75 Å². The minimum absolute atomic E-state index is 0.0477. The smallest absolute Gasteiger partial charge is 0.252 e. The maximum atomic E-state index is 12.8. The van der Waals surface area contributed by atoms with Gasteiger partial charge in [0.2, 0.25) is 5.91 Å². The third-order valence-corrected chi connectivity index (χ3v) is 6.45. The highest BCUT2D eigenvalue weighted by Crippen LogP contribution is 2.29. The van der Waals surface area contributed by atoms with E-state index in [4.69, 9.17) is 16.3 Å². The molecule has 0 saturated carbocycles. The number of ether oxygens (including phenoxy) is 1. The average molecular weight is 467 g/mol. The molecule has 0 aromatic heterocycles. The predicted molar refractivity (Wildman–Crippen MR) is 129 cm³/mol. The van der Waals surface area contributed by atoms with E-state index in [1.54, 1.807) is 30.3 Å². The number of para-hydroxylation sites is 1. The quantitative estimate of drug-likeness (QED) is 0.381. The highest BCUT2D eigenvalue weighted by Gasteiger charge is 2.24. The number of carbonyl (C=O) groups is 2. The Bertz CT molecular complexity index is 1100. The van der Waals surface area contributed by atoms with Gasteiger partial charge in [-0.3, -0.25) is 9.59 Å². The molecule has 32 heavy (non-hydrogen) atoms. The number of halogens is 1. The molecule has 1 aliphatic rings. The fourth-order valence-electron chi connectivity index (χ4n) is 3.55. The van der Waals surface area contributed by atoms with Crippen molar-refractivity contribution in [2.45, 2.75) is 11.3 Å². The summed E-state index contributed by atoms with van der Waals surface area (Å²) in [6, 6.07) is 22.4. The first-order valence-corrected chi connectivity index (χ1v) is 11.7. The van der Waals surface area contributed by atoms with Crippen LogP contribution in [0.15, 0.2) is 77.7 Å². The molecule has 0 spiro atoms. The third-order valence-electron chi connectivity index (χ3n) is 5.14. The van der Waals surface area contributed by atoms with Gasteiger partial charge in [0.25, 0.3) is 5.91 Å². The number of nitrogens with zero attached hydrogens (tertiary/aromatic N) is 1. The number of rotatable bonds is 8. The van der Waals surface area contributed by atoms with Crippen LogP contribution in [0.1, 0.15) is 15.9 Å². The molecule has 3 aromatic rings. The second-order valence-corrected chi connectivity index (χ2v) is 8.72. The average Bonchev–Trinajstić information content (AvgIpc) is 3.26. The maximum Gasteiger partial charge on any atom is 0.252 e. The SMILES string of the molecule is O=C(NCCOc1ccc(Cl)cc1)c1ccccc1SCC(=O)N1CCc2ccccc21. The predicted octanol–water partition coefficient (Wildman–Crippen LogP) is 4.83. The largest absolute Gasteiger partial charge is 0.492 e. The number of nitrogens with one attached hydrogen (secondary N) is 1. The monoisotopic (exact) mass is 466 g/mol. The Balaban J connectivity index is 1.30. The van der Waals surface area contributed by atoms with Gasteiger partial charge in [0.1, 0.15) is 12.4 Å². The molecule has 1 N–H and O–H groups in total. The molecule has 3 aromatic carbocycles. The summed E-state index contributed by atoms with van der Waals surface area (Å²) in [6.45, 7) is 1.41. The number of anilines is 1. The van der Waals surface area contributed by atoms with E-state index in [0.717, 1.165) is 17.0 Å². The lowest BCUT2D eigenvalue weighted by atomic mass is 10.2. The van der Waals surface area contributed by atoms with Crippen molar-refractivity contribution >= 4 is 40.9 Å². The van der Waals surface area contributed by atoms with Crippen LogP contribution in [0.2, 0.25) is 5.02 Å². The third kappa shape index (κ3) is 5.44. The Morgan fingerprint density at radius 2 is 1.75 bits per heavy atom. The number of benzene rings is 3. The van der Waals surface area contributed by atoms with Crippen LogP contribution in [0.25, 0.3) is 0 Å². The lowest BCUT2D eigenvalue weighted by Gasteiger charge is -2.17. The molecular formula is C25H23ClN2O3S. The zero-order valence-electron chi connectivity index (χ0n) is 17.4. The van der Waals surface area contributed by atoms with Crippen LogP contribution in [0, 0.1) is 0 Å². The van der Waals surface area contributed by atoms with Gasteiger partial charge in [0.05, 0.1) is 17.9 Å². The molecule has 0 fully saturated rings. The summed E-state index contributed by atoms with van der Waals surface area (Å²) >= 11 is 7.25. The Morgan fingerprint density at radius 1 is 1.00 bits per heavy atom. The number of carbonyl (C=O) groups excluding carboxylic acids is 2. The summed E-state index contributed by atoms with van der Waals surface area (Å²) in [7, 11) is 0. The van der Waals surface area contributed by atoms with E-state index in [2.05, 4.69) is 11.4 Å². The molecule has 4 rings (SSSR count). The summed E-state index contributed by atoms with van der Waals surface area (Å²) in [4.78, 5) is 28.1. The van der Waals surface area contributed by atoms with E-state index >= 15 is 0 Å². The van der Waals surface area contributed by atoms with Crippen LogP contribution in [-0.2, 0) is 11.2 Å². The van der Waals surface area contributed by atoms with Crippen molar-refractivity contribution < 1.29 is 14.3 Å². The van der Waals surface area contributed by atoms with Gasteiger partial charge in [0, 0.05) is 22.2 Å². The van der Waals surface area contributed by atoms with E-state index < -0.39 is 0 Å². The number of hydrogen-bond acceptors (Lipinski definition) is 4. The van der Waals surface area contributed by atoms with E-state index in [-0.39, 0.29) is 17.6 Å². The fourth-order valence-corrected chi connectivity index (χ4v) is 4.61. The first-order valence-electron chi connectivity index (χ1n) is 10.4. The van der Waals surface area contributed by atoms with Crippen molar-refractivity contribution in [1.29, 1.82) is 0 Å². The molecule has 0 unspecified atom stereocenters. The van der Waals surface area contributed by atoms with Crippen LogP contribution < -0.4 is 15.0 Å². The van der Waals surface area contributed by atoms with Crippen molar-refractivity contribution in [3.63, 3.8) is 0 Å². The number of hydrogen-bond donors (Lipinski definition) is 1. The molecule has 0 atom stereocenters. The van der Waals surface area contributed by atoms with Crippen molar-refractivity contribution in [3.8, 4) is 5.75 Å². The van der Waals surface area contributed by atoms with Crippen LogP contribution in [0.3, 0.4) is 0 Å². The van der Waals surface area contributed by atoms with Gasteiger partial charge in [-0.05, 0) is 54.4 Å². The lowest BCUT2D eigenvalue weighted by Crippen LogP contribution is -2.31. The zero-order chi connectivity index (χ0) is 22.3. The van der Waals surface area contributed by atoms with Crippen LogP contribution in [0.4, 0.5) is 5.69 Å². The fraction of sp³-hybridized carbons (Fsp3) is 0.200. The van der Waals surface area contributed by atoms with Gasteiger partial charge < -0.3 is 15.0 Å². The summed E-state index contributed by atoms with van der Waals surface area (Å²) in [5.74, 6) is 0.832. The molecule has 164 valence electrons. The molecule has 0 saturated heterocycles. The van der Waals surface area contributed by atoms with E-state index in [9.17, 15) is 9.59 Å². The van der Waals surface area contributed by atoms with Gasteiger partial charge in [-0.25, -0.2) is 0 Å². The van der Waals surface area contributed by atoms with Gasteiger partial charge in [-0.15, -0.1) is 11.8 Å². The first kappa shape index (κ1) is 22.2. The molecule has 0 aliphatic carbocycles. The van der Waals surface area contributed by atoms with Crippen molar-refractivity contribution in [3.05, 3.63) is 88.9 Å². The minimum Gasteiger partial charge on any atom is -0.492 e. The standard InChI is InChI=1S/C25H23ClN2O3S/c26-19-9-11-20(12-10-19)31-16-14-27-25(30)21-6-2-4-8-23(21)32-17-24(29)28-15-13-18-5-1-3-7-22(18)28/h1-12H,13-17H2,(H,27,30). The molecule has 7 heteroatoms. The van der Waals surface area contributed by atoms with Gasteiger partial charge in [-0.2, -0.15) is 0 Å². The topological polar surface area (TPSA) is 58.6 Å². The summed E-state index contributed by atoms with van der Waals surface area (Å²) < 4.78 is 5.61. The van der Waals surface area contributed by atoms with Crippen molar-refractivity contribution in [1.82, 2.24) is 5.32 Å². The highest BCUT2D eigenvalue weighted by atomic mass is 35.5. The Labute approximate surface area is 196 Å². The van der Waals surface area contributed by atoms with Crippen molar-refractivity contribution in [2.24, 2.45) is 0 Å². The minimum atomic E-state index is -0.188. The number of amides is 2. The second kappa shape index (κ2) is 10.6. The van der Waals surface area contributed by atoms with E-state index in [1.807, 2.05) is 41.3 Å². The summed E-state index contributed by atoms with van der Waals surface area (Å²) in [5, 5.41) is 3.52. The van der Waals surface area contributed by atoms with Gasteiger partial charge in [-0.1, -0.05) is 41.9 Å². The van der Waals surface area contributed by atoms with Gasteiger partial charge in [0.15, 0.2) is 0 Å². The number of thioether (sulfide) groups is 1. The summed E-state index contributed by atoms with van der Waals surface area (Å²) in [6.07, 6.45) is 0.879. The normalized spacial score (nSPS) is 12.3. The van der Waals surface area contributed by atoms with E-state index in [1.165, 1.54) is 17.3 Å². The molecule has 5 nitrogen and oxygen atoms in total. The molecule has 1 heterocycles. The second-order valence-electron chi connectivity index (χ2n) is 7.27. The molecule has 2 amide bonds. The molecular weight excluding hydrogens is 444 g/mol. The molecule has 0 radical (unpaired) electrons. The Morgan fingerprint density at radius 3 is 2.59 bits per heavy atom. The van der Waals surface area contributed by atoms with E-state index in [0.29, 0.717) is 36.0 Å². The first-order chi connectivity index (χ1) is 15.6. The lowest BCUT2D eigenvalue weighted by molar-refractivity contribution is -0.116. The maximum absolute atomic E-state index is 12.8. The zero-order valence-corrected chi connectivity index (χ0v) is 19.0. The van der Waals surface area contributed by atoms with Crippen LogP contribution in [-0.4, -0.2) is 37.3 Å². The number of fused-ring (bicyclic) bond motifs is 1.